The van der Waals surface area contributed by atoms with Gasteiger partial charge in [0.1, 0.15) is 5.82 Å². The first-order valence-corrected chi connectivity index (χ1v) is 6.08. The largest absolute Gasteiger partial charge is 0.419 e. The van der Waals surface area contributed by atoms with Crippen molar-refractivity contribution in [2.75, 3.05) is 33.5 Å². The topological polar surface area (TPSA) is 47.6 Å². The van der Waals surface area contributed by atoms with Crippen LogP contribution >= 0.6 is 0 Å². The standard InChI is InChI=1S/C13H15F4NO3/c1-20-6-7-21-5-4-18-12(19)9-2-3-11(14)10(8-9)13(15,16)17/h2-3,8H,4-7H2,1H3,(H,18,19). The smallest absolute Gasteiger partial charge is 0.382 e. The molecule has 118 valence electrons. The summed E-state index contributed by atoms with van der Waals surface area (Å²) in [4.78, 5) is 11.6. The van der Waals surface area contributed by atoms with E-state index in [2.05, 4.69) is 5.32 Å². The van der Waals surface area contributed by atoms with Gasteiger partial charge in [-0.3, -0.25) is 4.79 Å². The molecule has 0 bridgehead atoms. The maximum atomic E-state index is 13.1. The minimum Gasteiger partial charge on any atom is -0.382 e. The molecule has 0 aliphatic carbocycles. The molecule has 4 nitrogen and oxygen atoms in total. The quantitative estimate of drug-likeness (QED) is 0.621. The Kier molecular flexibility index (Phi) is 6.57. The van der Waals surface area contributed by atoms with Crippen molar-refractivity contribution in [2.24, 2.45) is 0 Å². The van der Waals surface area contributed by atoms with Crippen LogP contribution in [0.3, 0.4) is 0 Å². The summed E-state index contributed by atoms with van der Waals surface area (Å²) in [5, 5.41) is 2.38. The highest BCUT2D eigenvalue weighted by Crippen LogP contribution is 2.31. The Labute approximate surface area is 119 Å². The Hall–Kier alpha value is -1.67. The van der Waals surface area contributed by atoms with Crippen molar-refractivity contribution in [1.82, 2.24) is 5.32 Å². The van der Waals surface area contributed by atoms with Gasteiger partial charge >= 0.3 is 6.18 Å². The second-order valence-corrected chi connectivity index (χ2v) is 4.05. The molecule has 1 rings (SSSR count). The van der Waals surface area contributed by atoms with Crippen molar-refractivity contribution in [1.29, 1.82) is 0 Å². The van der Waals surface area contributed by atoms with Gasteiger partial charge in [-0.1, -0.05) is 0 Å². The van der Waals surface area contributed by atoms with Gasteiger partial charge in [-0.15, -0.1) is 0 Å². The normalized spacial score (nSPS) is 11.5. The number of amides is 1. The molecule has 0 spiro atoms. The molecule has 1 N–H and O–H groups in total. The summed E-state index contributed by atoms with van der Waals surface area (Å²) < 4.78 is 60.4. The zero-order chi connectivity index (χ0) is 15.9. The summed E-state index contributed by atoms with van der Waals surface area (Å²) in [7, 11) is 1.51. The molecule has 0 heterocycles. The van der Waals surface area contributed by atoms with Gasteiger partial charge in [-0.25, -0.2) is 4.39 Å². The summed E-state index contributed by atoms with van der Waals surface area (Å²) in [5.74, 6) is -2.14. The van der Waals surface area contributed by atoms with Crippen molar-refractivity contribution in [3.63, 3.8) is 0 Å². The number of halogens is 4. The Balaban J connectivity index is 2.55. The third kappa shape index (κ3) is 5.68. The number of ether oxygens (including phenoxy) is 2. The zero-order valence-electron chi connectivity index (χ0n) is 11.3. The molecule has 21 heavy (non-hydrogen) atoms. The number of hydrogen-bond donors (Lipinski definition) is 1. The predicted octanol–water partition coefficient (Wildman–Crippen LogP) is 2.24. The van der Waals surface area contributed by atoms with Crippen LogP contribution in [0.15, 0.2) is 18.2 Å². The number of nitrogens with one attached hydrogen (secondary N) is 1. The second-order valence-electron chi connectivity index (χ2n) is 4.05. The van der Waals surface area contributed by atoms with Crippen molar-refractivity contribution >= 4 is 5.91 Å². The molecule has 0 atom stereocenters. The third-order valence-electron chi connectivity index (χ3n) is 2.50. The van der Waals surface area contributed by atoms with E-state index in [1.807, 2.05) is 0 Å². The average molecular weight is 309 g/mol. The minimum atomic E-state index is -4.84. The van der Waals surface area contributed by atoms with Gasteiger partial charge in [-0.05, 0) is 18.2 Å². The number of carbonyl (C=O) groups excluding carboxylic acids is 1. The Morgan fingerprint density at radius 3 is 2.57 bits per heavy atom. The number of hydrogen-bond acceptors (Lipinski definition) is 3. The van der Waals surface area contributed by atoms with Crippen LogP contribution in [0.25, 0.3) is 0 Å². The number of carbonyl (C=O) groups is 1. The molecule has 1 amide bonds. The van der Waals surface area contributed by atoms with Crippen molar-refractivity contribution in [3.8, 4) is 0 Å². The highest BCUT2D eigenvalue weighted by atomic mass is 19.4. The summed E-state index contributed by atoms with van der Waals surface area (Å²) >= 11 is 0. The Morgan fingerprint density at radius 2 is 1.95 bits per heavy atom. The van der Waals surface area contributed by atoms with E-state index >= 15 is 0 Å². The lowest BCUT2D eigenvalue weighted by Gasteiger charge is -2.10. The fraction of sp³-hybridized carbons (Fsp3) is 0.462. The van der Waals surface area contributed by atoms with Crippen LogP contribution in [0.1, 0.15) is 15.9 Å². The van der Waals surface area contributed by atoms with Gasteiger partial charge in [-0.2, -0.15) is 13.2 Å². The number of methoxy groups -OCH3 is 1. The summed E-state index contributed by atoms with van der Waals surface area (Å²) in [6, 6.07) is 2.09. The van der Waals surface area contributed by atoms with Crippen LogP contribution in [0.4, 0.5) is 17.6 Å². The summed E-state index contributed by atoms with van der Waals surface area (Å²) in [6.45, 7) is 1.08. The van der Waals surface area contributed by atoms with Gasteiger partial charge in [0.15, 0.2) is 0 Å². The minimum absolute atomic E-state index is 0.126. The van der Waals surface area contributed by atoms with Gasteiger partial charge in [0.05, 0.1) is 25.4 Å². The van der Waals surface area contributed by atoms with E-state index in [9.17, 15) is 22.4 Å². The molecule has 0 aromatic heterocycles. The first-order chi connectivity index (χ1) is 9.86. The molecule has 0 saturated carbocycles. The van der Waals surface area contributed by atoms with E-state index < -0.39 is 23.5 Å². The molecule has 0 unspecified atom stereocenters. The molecule has 0 saturated heterocycles. The molecule has 1 aromatic carbocycles. The van der Waals surface area contributed by atoms with E-state index in [1.165, 1.54) is 7.11 Å². The summed E-state index contributed by atoms with van der Waals surface area (Å²) in [6.07, 6.45) is -4.84. The fourth-order valence-electron chi connectivity index (χ4n) is 1.47. The molecule has 0 radical (unpaired) electrons. The first kappa shape index (κ1) is 17.4. The molecular formula is C13H15F4NO3. The lowest BCUT2D eigenvalue weighted by Crippen LogP contribution is -2.28. The summed E-state index contributed by atoms with van der Waals surface area (Å²) in [5.41, 5.74) is -1.73. The van der Waals surface area contributed by atoms with Crippen molar-refractivity contribution < 1.29 is 31.8 Å². The lowest BCUT2D eigenvalue weighted by atomic mass is 10.1. The average Bonchev–Trinajstić information content (AvgIpc) is 2.41. The van der Waals surface area contributed by atoms with Gasteiger partial charge in [0.2, 0.25) is 0 Å². The van der Waals surface area contributed by atoms with Crippen molar-refractivity contribution in [2.45, 2.75) is 6.18 Å². The number of rotatable bonds is 7. The lowest BCUT2D eigenvalue weighted by molar-refractivity contribution is -0.140. The monoisotopic (exact) mass is 309 g/mol. The highest BCUT2D eigenvalue weighted by molar-refractivity contribution is 5.94. The first-order valence-electron chi connectivity index (χ1n) is 6.08. The van der Waals surface area contributed by atoms with Gasteiger partial charge in [0, 0.05) is 19.2 Å². The van der Waals surface area contributed by atoms with E-state index in [-0.39, 0.29) is 18.7 Å². The van der Waals surface area contributed by atoms with E-state index in [0.29, 0.717) is 25.3 Å². The van der Waals surface area contributed by atoms with E-state index in [4.69, 9.17) is 9.47 Å². The van der Waals surface area contributed by atoms with E-state index in [0.717, 1.165) is 6.07 Å². The number of alkyl halides is 3. The third-order valence-corrected chi connectivity index (χ3v) is 2.50. The SMILES string of the molecule is COCCOCCNC(=O)c1ccc(F)c(C(F)(F)F)c1. The van der Waals surface area contributed by atoms with Gasteiger partial charge < -0.3 is 14.8 Å². The van der Waals surface area contributed by atoms with Crippen LogP contribution in [0.2, 0.25) is 0 Å². The Morgan fingerprint density at radius 1 is 1.24 bits per heavy atom. The molecular weight excluding hydrogens is 294 g/mol. The maximum Gasteiger partial charge on any atom is 0.419 e. The fourth-order valence-corrected chi connectivity index (χ4v) is 1.47. The van der Waals surface area contributed by atoms with E-state index in [1.54, 1.807) is 0 Å². The molecule has 8 heteroatoms. The second kappa shape index (κ2) is 7.94. The predicted molar refractivity (Wildman–Crippen MR) is 66.4 cm³/mol. The van der Waals surface area contributed by atoms with Gasteiger partial charge in [0.25, 0.3) is 5.91 Å². The molecule has 1 aromatic rings. The van der Waals surface area contributed by atoms with Crippen LogP contribution in [-0.4, -0.2) is 39.4 Å². The van der Waals surface area contributed by atoms with Crippen LogP contribution in [0, 0.1) is 5.82 Å². The van der Waals surface area contributed by atoms with Crippen molar-refractivity contribution in [3.05, 3.63) is 35.1 Å². The van der Waals surface area contributed by atoms with Crippen LogP contribution < -0.4 is 5.32 Å². The van der Waals surface area contributed by atoms with Crippen LogP contribution in [0.5, 0.6) is 0 Å². The zero-order valence-corrected chi connectivity index (χ0v) is 11.3. The molecule has 0 fully saturated rings. The Bertz CT molecular complexity index is 477. The maximum absolute atomic E-state index is 13.1. The number of benzene rings is 1. The molecule has 0 aliphatic heterocycles. The van der Waals surface area contributed by atoms with Crippen LogP contribution in [-0.2, 0) is 15.7 Å². The molecule has 0 aliphatic rings. The highest BCUT2D eigenvalue weighted by Gasteiger charge is 2.34.